The largest absolute Gasteiger partial charge is 0.368 e. The van der Waals surface area contributed by atoms with Gasteiger partial charge in [-0.1, -0.05) is 29.8 Å². The van der Waals surface area contributed by atoms with Gasteiger partial charge >= 0.3 is 6.03 Å². The van der Waals surface area contributed by atoms with E-state index in [-0.39, 0.29) is 42.8 Å². The molecule has 1 heterocycles. The van der Waals surface area contributed by atoms with Crippen LogP contribution in [-0.4, -0.2) is 66.4 Å². The number of nitrogens with zero attached hydrogens (tertiary/aromatic N) is 3. The van der Waals surface area contributed by atoms with E-state index in [1.165, 1.54) is 17.0 Å². The first-order chi connectivity index (χ1) is 19.2. The number of amides is 4. The Balaban J connectivity index is 1.31. The number of urea groups is 1. The van der Waals surface area contributed by atoms with Crippen molar-refractivity contribution in [3.8, 4) is 0 Å². The molecule has 210 valence electrons. The number of hydrogen-bond acceptors (Lipinski definition) is 4. The molecule has 4 amide bonds. The van der Waals surface area contributed by atoms with Crippen LogP contribution in [0, 0.1) is 12.7 Å². The molecule has 8 nitrogen and oxygen atoms in total. The van der Waals surface area contributed by atoms with Gasteiger partial charge in [0.2, 0.25) is 5.91 Å². The van der Waals surface area contributed by atoms with Crippen LogP contribution in [0.3, 0.4) is 0 Å². The van der Waals surface area contributed by atoms with Crippen LogP contribution in [0.1, 0.15) is 35.3 Å². The van der Waals surface area contributed by atoms with Gasteiger partial charge in [-0.3, -0.25) is 9.59 Å². The van der Waals surface area contributed by atoms with Gasteiger partial charge in [-0.15, -0.1) is 0 Å². The molecule has 0 radical (unpaired) electrons. The first-order valence-electron chi connectivity index (χ1n) is 13.5. The molecule has 0 saturated carbocycles. The zero-order valence-electron chi connectivity index (χ0n) is 23.2. The van der Waals surface area contributed by atoms with E-state index in [2.05, 4.69) is 15.5 Å². The van der Waals surface area contributed by atoms with Crippen LogP contribution in [0.15, 0.2) is 72.8 Å². The second-order valence-corrected chi connectivity index (χ2v) is 10.3. The van der Waals surface area contributed by atoms with Crippen molar-refractivity contribution in [3.05, 3.63) is 95.3 Å². The Morgan fingerprint density at radius 2 is 1.50 bits per heavy atom. The fraction of sp³-hybridized carbons (Fsp3) is 0.323. The van der Waals surface area contributed by atoms with Crippen molar-refractivity contribution < 1.29 is 18.8 Å². The van der Waals surface area contributed by atoms with Crippen molar-refractivity contribution in [2.45, 2.75) is 33.4 Å². The summed E-state index contributed by atoms with van der Waals surface area (Å²) in [6.07, 6.45) is 0. The summed E-state index contributed by atoms with van der Waals surface area (Å²) < 4.78 is 13.3. The molecule has 40 heavy (non-hydrogen) atoms. The number of nitrogens with one attached hydrogen (secondary N) is 2. The van der Waals surface area contributed by atoms with E-state index in [1.807, 2.05) is 74.2 Å². The van der Waals surface area contributed by atoms with E-state index in [4.69, 9.17) is 0 Å². The highest BCUT2D eigenvalue weighted by Gasteiger charge is 2.23. The standard InChI is InChI=1S/C31H36FN5O3/c1-22(2)33-31(40)37(20-24-6-10-26(32)11-7-24)21-29(38)34-27-12-14-28(15-13-27)35-16-18-36(19-17-35)30(39)25-8-4-23(3)5-9-25/h4-15,22H,16-21H2,1-3H3,(H,33,40)(H,34,38). The summed E-state index contributed by atoms with van der Waals surface area (Å²) in [7, 11) is 0. The Hall–Kier alpha value is -4.40. The van der Waals surface area contributed by atoms with Gasteiger partial charge in [0.1, 0.15) is 12.4 Å². The maximum atomic E-state index is 13.3. The first-order valence-corrected chi connectivity index (χ1v) is 13.5. The fourth-order valence-electron chi connectivity index (χ4n) is 4.52. The van der Waals surface area contributed by atoms with Gasteiger partial charge < -0.3 is 25.3 Å². The van der Waals surface area contributed by atoms with Gasteiger partial charge in [-0.2, -0.15) is 0 Å². The normalized spacial score (nSPS) is 13.2. The maximum absolute atomic E-state index is 13.3. The van der Waals surface area contributed by atoms with E-state index in [9.17, 15) is 18.8 Å². The molecule has 0 spiro atoms. The smallest absolute Gasteiger partial charge is 0.318 e. The zero-order valence-corrected chi connectivity index (χ0v) is 23.2. The van der Waals surface area contributed by atoms with Crippen LogP contribution in [0.4, 0.5) is 20.6 Å². The third-order valence-electron chi connectivity index (χ3n) is 6.70. The van der Waals surface area contributed by atoms with Gasteiger partial charge in [0.25, 0.3) is 5.91 Å². The summed E-state index contributed by atoms with van der Waals surface area (Å²) in [5.41, 5.74) is 4.18. The lowest BCUT2D eigenvalue weighted by atomic mass is 10.1. The molecule has 0 unspecified atom stereocenters. The molecule has 1 aliphatic rings. The second-order valence-electron chi connectivity index (χ2n) is 10.3. The van der Waals surface area contributed by atoms with Gasteiger partial charge in [0.05, 0.1) is 0 Å². The third-order valence-corrected chi connectivity index (χ3v) is 6.70. The number of anilines is 2. The minimum atomic E-state index is -0.371. The zero-order chi connectivity index (χ0) is 28.6. The average molecular weight is 546 g/mol. The van der Waals surface area contributed by atoms with E-state index in [0.29, 0.717) is 37.4 Å². The van der Waals surface area contributed by atoms with Gasteiger partial charge in [0, 0.05) is 55.7 Å². The van der Waals surface area contributed by atoms with E-state index >= 15 is 0 Å². The quantitative estimate of drug-likeness (QED) is 0.432. The molecule has 0 atom stereocenters. The molecule has 2 N–H and O–H groups in total. The van der Waals surface area contributed by atoms with Crippen molar-refractivity contribution in [2.24, 2.45) is 0 Å². The van der Waals surface area contributed by atoms with Crippen LogP contribution in [-0.2, 0) is 11.3 Å². The molecule has 0 bridgehead atoms. The number of hydrogen-bond donors (Lipinski definition) is 2. The van der Waals surface area contributed by atoms with Crippen LogP contribution < -0.4 is 15.5 Å². The number of carbonyl (C=O) groups is 3. The molecule has 3 aromatic rings. The van der Waals surface area contributed by atoms with Gasteiger partial charge in [-0.25, -0.2) is 9.18 Å². The predicted octanol–water partition coefficient (Wildman–Crippen LogP) is 4.66. The Morgan fingerprint density at radius 3 is 2.10 bits per heavy atom. The van der Waals surface area contributed by atoms with Gasteiger partial charge in [0.15, 0.2) is 0 Å². The average Bonchev–Trinajstić information content (AvgIpc) is 2.94. The number of piperazine rings is 1. The molecule has 1 saturated heterocycles. The van der Waals surface area contributed by atoms with E-state index < -0.39 is 0 Å². The topological polar surface area (TPSA) is 85.0 Å². The van der Waals surface area contributed by atoms with Crippen molar-refractivity contribution in [2.75, 3.05) is 42.9 Å². The van der Waals surface area contributed by atoms with E-state index in [0.717, 1.165) is 16.8 Å². The third kappa shape index (κ3) is 7.81. The Labute approximate surface area is 234 Å². The molecule has 4 rings (SSSR count). The van der Waals surface area contributed by atoms with Crippen molar-refractivity contribution in [1.82, 2.24) is 15.1 Å². The monoisotopic (exact) mass is 545 g/mol. The van der Waals surface area contributed by atoms with Crippen molar-refractivity contribution in [3.63, 3.8) is 0 Å². The molecule has 1 aliphatic heterocycles. The fourth-order valence-corrected chi connectivity index (χ4v) is 4.52. The lowest BCUT2D eigenvalue weighted by Crippen LogP contribution is -2.48. The molecular weight excluding hydrogens is 509 g/mol. The minimum absolute atomic E-state index is 0.0493. The van der Waals surface area contributed by atoms with Crippen molar-refractivity contribution in [1.29, 1.82) is 0 Å². The molecule has 9 heteroatoms. The number of halogens is 1. The van der Waals surface area contributed by atoms with Crippen LogP contribution in [0.2, 0.25) is 0 Å². The lowest BCUT2D eigenvalue weighted by molar-refractivity contribution is -0.116. The van der Waals surface area contributed by atoms with Crippen LogP contribution >= 0.6 is 0 Å². The molecule has 0 aliphatic carbocycles. The summed E-state index contributed by atoms with van der Waals surface area (Å²) in [5.74, 6) is -0.647. The molecular formula is C31H36FN5O3. The summed E-state index contributed by atoms with van der Waals surface area (Å²) in [4.78, 5) is 43.9. The maximum Gasteiger partial charge on any atom is 0.318 e. The summed E-state index contributed by atoms with van der Waals surface area (Å²) in [5, 5.41) is 5.67. The summed E-state index contributed by atoms with van der Waals surface area (Å²) >= 11 is 0. The Kier molecular flexibility index (Phi) is 9.37. The Morgan fingerprint density at radius 1 is 0.875 bits per heavy atom. The number of benzene rings is 3. The number of aryl methyl sites for hydroxylation is 1. The SMILES string of the molecule is Cc1ccc(C(=O)N2CCN(c3ccc(NC(=O)CN(Cc4ccc(F)cc4)C(=O)NC(C)C)cc3)CC2)cc1. The van der Waals surface area contributed by atoms with Crippen molar-refractivity contribution >= 4 is 29.2 Å². The summed E-state index contributed by atoms with van der Waals surface area (Å²) in [6.45, 7) is 8.40. The number of rotatable bonds is 8. The molecule has 0 aromatic heterocycles. The Bertz CT molecular complexity index is 1300. The predicted molar refractivity (Wildman–Crippen MR) is 155 cm³/mol. The highest BCUT2D eigenvalue weighted by Crippen LogP contribution is 2.21. The highest BCUT2D eigenvalue weighted by atomic mass is 19.1. The minimum Gasteiger partial charge on any atom is -0.368 e. The molecule has 1 fully saturated rings. The molecule has 3 aromatic carbocycles. The first kappa shape index (κ1) is 28.6. The van der Waals surface area contributed by atoms with Gasteiger partial charge in [-0.05, 0) is 74.9 Å². The highest BCUT2D eigenvalue weighted by molar-refractivity contribution is 5.95. The second kappa shape index (κ2) is 13.1. The van der Waals surface area contributed by atoms with Crippen LogP contribution in [0.5, 0.6) is 0 Å². The van der Waals surface area contributed by atoms with Crippen LogP contribution in [0.25, 0.3) is 0 Å². The number of carbonyl (C=O) groups excluding carboxylic acids is 3. The summed E-state index contributed by atoms with van der Waals surface area (Å²) in [6, 6.07) is 20.6. The lowest BCUT2D eigenvalue weighted by Gasteiger charge is -2.36. The van der Waals surface area contributed by atoms with E-state index in [1.54, 1.807) is 12.1 Å².